The Morgan fingerprint density at radius 1 is 1.39 bits per heavy atom. The minimum absolute atomic E-state index is 0.0863. The number of rotatable bonds is 4. The molecule has 0 aromatic heterocycles. The summed E-state index contributed by atoms with van der Waals surface area (Å²) >= 11 is 0. The number of carbonyl (C=O) groups is 1. The summed E-state index contributed by atoms with van der Waals surface area (Å²) in [7, 11) is 0. The van der Waals surface area contributed by atoms with Crippen LogP contribution in [0, 0.1) is 0 Å². The van der Waals surface area contributed by atoms with Gasteiger partial charge in [0.15, 0.2) is 11.5 Å². The fourth-order valence-electron chi connectivity index (χ4n) is 1.02. The average Bonchev–Trinajstić information content (AvgIpc) is 2.37. The van der Waals surface area contributed by atoms with Crippen LogP contribution >= 0.6 is 0 Å². The lowest BCUT2D eigenvalue weighted by atomic mass is 10.2. The number of hydrazone groups is 1. The first-order chi connectivity index (χ1) is 8.47. The lowest BCUT2D eigenvalue weighted by Crippen LogP contribution is -2.40. The third-order valence-electron chi connectivity index (χ3n) is 2.07. The zero-order valence-corrected chi connectivity index (χ0v) is 9.24. The summed E-state index contributed by atoms with van der Waals surface area (Å²) in [5, 5.41) is 39.8. The molecule has 0 saturated heterocycles. The molecule has 1 amide bonds. The van der Waals surface area contributed by atoms with Crippen LogP contribution in [0.5, 0.6) is 17.2 Å². The van der Waals surface area contributed by atoms with Gasteiger partial charge in [-0.15, -0.1) is 0 Å². The Labute approximate surface area is 102 Å². The Bertz CT molecular complexity index is 475. The summed E-state index contributed by atoms with van der Waals surface area (Å²) in [5.41, 5.74) is 7.33. The topological polar surface area (TPSA) is 148 Å². The zero-order chi connectivity index (χ0) is 13.7. The molecule has 0 fully saturated rings. The van der Waals surface area contributed by atoms with Crippen LogP contribution in [-0.4, -0.2) is 45.2 Å². The van der Waals surface area contributed by atoms with Crippen molar-refractivity contribution in [1.29, 1.82) is 0 Å². The molecular weight excluding hydrogens is 242 g/mol. The Hall–Kier alpha value is -2.32. The van der Waals surface area contributed by atoms with Crippen molar-refractivity contribution in [2.45, 2.75) is 6.04 Å². The molecule has 8 heteroatoms. The smallest absolute Gasteiger partial charge is 0.259 e. The lowest BCUT2D eigenvalue weighted by Gasteiger charge is -2.05. The number of phenols is 3. The second-order valence-corrected chi connectivity index (χ2v) is 3.39. The molecule has 98 valence electrons. The molecule has 0 heterocycles. The van der Waals surface area contributed by atoms with Crippen molar-refractivity contribution in [2.75, 3.05) is 6.61 Å². The van der Waals surface area contributed by atoms with Gasteiger partial charge in [0.1, 0.15) is 6.04 Å². The zero-order valence-electron chi connectivity index (χ0n) is 9.24. The number of hydrogen-bond donors (Lipinski definition) is 6. The summed E-state index contributed by atoms with van der Waals surface area (Å²) in [4.78, 5) is 11.1. The number of nitrogens with zero attached hydrogens (tertiary/aromatic N) is 1. The van der Waals surface area contributed by atoms with Crippen molar-refractivity contribution >= 4 is 12.1 Å². The molecular formula is C10H13N3O5. The van der Waals surface area contributed by atoms with Crippen LogP contribution in [-0.2, 0) is 4.79 Å². The molecule has 8 nitrogen and oxygen atoms in total. The predicted octanol–water partition coefficient (Wildman–Crippen LogP) is -1.43. The maximum absolute atomic E-state index is 11.1. The maximum atomic E-state index is 11.1. The molecule has 7 N–H and O–H groups in total. The van der Waals surface area contributed by atoms with Gasteiger partial charge in [0.2, 0.25) is 5.75 Å². The third kappa shape index (κ3) is 3.09. The van der Waals surface area contributed by atoms with Crippen molar-refractivity contribution in [3.8, 4) is 17.2 Å². The molecule has 1 atom stereocenters. The van der Waals surface area contributed by atoms with Crippen LogP contribution in [0.25, 0.3) is 0 Å². The molecule has 1 rings (SSSR count). The molecule has 0 radical (unpaired) electrons. The van der Waals surface area contributed by atoms with Crippen molar-refractivity contribution < 1.29 is 25.2 Å². The van der Waals surface area contributed by atoms with E-state index in [0.717, 1.165) is 12.3 Å². The van der Waals surface area contributed by atoms with Gasteiger partial charge < -0.3 is 26.2 Å². The molecule has 0 aliphatic carbocycles. The maximum Gasteiger partial charge on any atom is 0.259 e. The Morgan fingerprint density at radius 2 is 2.06 bits per heavy atom. The number of nitrogens with one attached hydrogen (secondary N) is 1. The number of hydrogen-bond acceptors (Lipinski definition) is 7. The molecule has 0 saturated carbocycles. The minimum Gasteiger partial charge on any atom is -0.504 e. The molecule has 0 bridgehead atoms. The molecule has 1 aromatic carbocycles. The minimum atomic E-state index is -1.09. The van der Waals surface area contributed by atoms with Crippen LogP contribution in [0.3, 0.4) is 0 Å². The first-order valence-electron chi connectivity index (χ1n) is 4.90. The molecule has 0 aliphatic heterocycles. The van der Waals surface area contributed by atoms with Gasteiger partial charge >= 0.3 is 0 Å². The van der Waals surface area contributed by atoms with E-state index < -0.39 is 35.8 Å². The third-order valence-corrected chi connectivity index (χ3v) is 2.07. The van der Waals surface area contributed by atoms with Gasteiger partial charge in [-0.25, -0.2) is 5.43 Å². The summed E-state index contributed by atoms with van der Waals surface area (Å²) in [6.07, 6.45) is 1.05. The highest BCUT2D eigenvalue weighted by Crippen LogP contribution is 2.36. The number of aliphatic hydroxyl groups excluding tert-OH is 1. The number of amides is 1. The van der Waals surface area contributed by atoms with Gasteiger partial charge in [-0.2, -0.15) is 5.10 Å². The van der Waals surface area contributed by atoms with Gasteiger partial charge in [0, 0.05) is 5.56 Å². The Kier molecular flexibility index (Phi) is 4.46. The van der Waals surface area contributed by atoms with Crippen molar-refractivity contribution in [2.24, 2.45) is 10.8 Å². The standard InChI is InChI=1S/C10H13N3O5/c11-6(4-14)10(18)13-12-3-5-1-2-7(15)9(17)8(5)16/h1-3,6,14-17H,4,11H2,(H,13,18)/t6-/m0/s1. The predicted molar refractivity (Wildman–Crippen MR) is 62.2 cm³/mol. The van der Waals surface area contributed by atoms with E-state index in [1.54, 1.807) is 0 Å². The van der Waals surface area contributed by atoms with Crippen LogP contribution in [0.15, 0.2) is 17.2 Å². The number of aliphatic hydroxyl groups is 1. The van der Waals surface area contributed by atoms with Crippen LogP contribution in [0.2, 0.25) is 0 Å². The van der Waals surface area contributed by atoms with Gasteiger partial charge in [0.25, 0.3) is 5.91 Å². The van der Waals surface area contributed by atoms with E-state index in [-0.39, 0.29) is 5.56 Å². The quantitative estimate of drug-likeness (QED) is 0.221. The number of benzene rings is 1. The van der Waals surface area contributed by atoms with Crippen molar-refractivity contribution in [1.82, 2.24) is 5.43 Å². The fourth-order valence-corrected chi connectivity index (χ4v) is 1.02. The van der Waals surface area contributed by atoms with Gasteiger partial charge in [-0.1, -0.05) is 0 Å². The SMILES string of the molecule is N[C@@H](CO)C(=O)NN=Cc1ccc(O)c(O)c1O. The highest BCUT2D eigenvalue weighted by molar-refractivity contribution is 5.87. The molecule has 0 aliphatic rings. The van der Waals surface area contributed by atoms with Crippen LogP contribution < -0.4 is 11.2 Å². The van der Waals surface area contributed by atoms with E-state index in [4.69, 9.17) is 15.9 Å². The average molecular weight is 255 g/mol. The Morgan fingerprint density at radius 3 is 2.67 bits per heavy atom. The van der Waals surface area contributed by atoms with Crippen molar-refractivity contribution in [3.05, 3.63) is 17.7 Å². The monoisotopic (exact) mass is 255 g/mol. The summed E-state index contributed by atoms with van der Waals surface area (Å²) in [5.74, 6) is -2.43. The molecule has 1 aromatic rings. The fraction of sp³-hybridized carbons (Fsp3) is 0.200. The van der Waals surface area contributed by atoms with Gasteiger partial charge in [-0.3, -0.25) is 4.79 Å². The van der Waals surface area contributed by atoms with E-state index >= 15 is 0 Å². The van der Waals surface area contributed by atoms with E-state index in [1.165, 1.54) is 6.07 Å². The van der Waals surface area contributed by atoms with Crippen LogP contribution in [0.4, 0.5) is 0 Å². The first-order valence-corrected chi connectivity index (χ1v) is 4.90. The number of aromatic hydroxyl groups is 3. The highest BCUT2D eigenvalue weighted by Gasteiger charge is 2.11. The second-order valence-electron chi connectivity index (χ2n) is 3.39. The lowest BCUT2D eigenvalue weighted by molar-refractivity contribution is -0.123. The van der Waals surface area contributed by atoms with E-state index in [9.17, 15) is 15.0 Å². The van der Waals surface area contributed by atoms with E-state index in [1.807, 2.05) is 5.43 Å². The largest absolute Gasteiger partial charge is 0.504 e. The molecule has 18 heavy (non-hydrogen) atoms. The number of carbonyl (C=O) groups excluding carboxylic acids is 1. The van der Waals surface area contributed by atoms with E-state index in [2.05, 4.69) is 5.10 Å². The molecule has 0 spiro atoms. The van der Waals surface area contributed by atoms with Crippen LogP contribution in [0.1, 0.15) is 5.56 Å². The van der Waals surface area contributed by atoms with Crippen molar-refractivity contribution in [3.63, 3.8) is 0 Å². The Balaban J connectivity index is 2.74. The summed E-state index contributed by atoms with van der Waals surface area (Å²) in [6, 6.07) is 1.34. The van der Waals surface area contributed by atoms with E-state index in [0.29, 0.717) is 0 Å². The number of phenolic OH excluding ortho intramolecular Hbond substituents is 3. The van der Waals surface area contributed by atoms with Gasteiger partial charge in [0.05, 0.1) is 12.8 Å². The normalized spacial score (nSPS) is 12.6. The second kappa shape index (κ2) is 5.84. The first kappa shape index (κ1) is 13.7. The summed E-state index contributed by atoms with van der Waals surface area (Å²) < 4.78 is 0. The highest BCUT2D eigenvalue weighted by atomic mass is 16.3. The van der Waals surface area contributed by atoms with Gasteiger partial charge in [-0.05, 0) is 12.1 Å². The number of nitrogens with two attached hydrogens (primary N) is 1. The summed E-state index contributed by atoms with van der Waals surface area (Å²) in [6.45, 7) is -0.521. The molecule has 0 unspecified atom stereocenters.